The van der Waals surface area contributed by atoms with Crippen molar-refractivity contribution < 1.29 is 4.42 Å². The van der Waals surface area contributed by atoms with E-state index in [1.54, 1.807) is 24.7 Å². The first kappa shape index (κ1) is 21.7. The molecule has 29 heavy (non-hydrogen) atoms. The predicted octanol–water partition coefficient (Wildman–Crippen LogP) is 5.34. The molecule has 0 aliphatic rings. The highest BCUT2D eigenvalue weighted by Crippen LogP contribution is 2.21. The van der Waals surface area contributed by atoms with Gasteiger partial charge in [-0.3, -0.25) is 4.99 Å². The van der Waals surface area contributed by atoms with E-state index in [1.165, 1.54) is 0 Å². The van der Waals surface area contributed by atoms with Gasteiger partial charge in [-0.15, -0.1) is 0 Å². The molecule has 0 aliphatic heterocycles. The number of hydrogen-bond acceptors (Lipinski definition) is 3. The molecule has 0 atom stereocenters. The predicted molar refractivity (Wildman–Crippen MR) is 127 cm³/mol. The maximum absolute atomic E-state index is 6.21. The Bertz CT molecular complexity index is 1090. The fraction of sp³-hybridized carbons (Fsp3) is 0.115. The highest BCUT2D eigenvalue weighted by atomic mass is 16.3. The number of furan rings is 1. The van der Waals surface area contributed by atoms with Gasteiger partial charge in [0.15, 0.2) is 0 Å². The lowest BCUT2D eigenvalue weighted by atomic mass is 10.0. The van der Waals surface area contributed by atoms with Crippen molar-refractivity contribution in [2.45, 2.75) is 20.8 Å². The Labute approximate surface area is 173 Å². The van der Waals surface area contributed by atoms with Crippen LogP contribution in [0.15, 0.2) is 95.3 Å². The monoisotopic (exact) mass is 384 g/mol. The molecule has 0 saturated heterocycles. The Morgan fingerprint density at radius 2 is 1.86 bits per heavy atom. The quantitative estimate of drug-likeness (QED) is 0.493. The Morgan fingerprint density at radius 1 is 1.14 bits per heavy atom. The Kier molecular flexibility index (Phi) is 7.99. The fourth-order valence-corrected chi connectivity index (χ4v) is 2.82. The molecule has 1 N–H and O–H groups in total. The van der Waals surface area contributed by atoms with E-state index in [2.05, 4.69) is 42.2 Å². The zero-order chi connectivity index (χ0) is 21.2. The van der Waals surface area contributed by atoms with Crippen molar-refractivity contribution in [3.63, 3.8) is 0 Å². The van der Waals surface area contributed by atoms with Crippen LogP contribution in [0.4, 0.5) is 0 Å². The summed E-state index contributed by atoms with van der Waals surface area (Å²) in [5.41, 5.74) is 5.72. The van der Waals surface area contributed by atoms with Crippen molar-refractivity contribution in [1.29, 1.82) is 0 Å². The first-order valence-electron chi connectivity index (χ1n) is 9.46. The fourth-order valence-electron chi connectivity index (χ4n) is 2.82. The summed E-state index contributed by atoms with van der Waals surface area (Å²) in [7, 11) is 0. The van der Waals surface area contributed by atoms with Gasteiger partial charge in [0.2, 0.25) is 0 Å². The number of nitrogens with one attached hydrogen (secondary N) is 1. The Morgan fingerprint density at radius 3 is 2.45 bits per heavy atom. The molecular formula is C26H28N2O. The summed E-state index contributed by atoms with van der Waals surface area (Å²) < 4.78 is 6.21. The van der Waals surface area contributed by atoms with Crippen LogP contribution < -0.4 is 16.0 Å². The second kappa shape index (κ2) is 10.7. The van der Waals surface area contributed by atoms with Crippen LogP contribution in [-0.2, 0) is 0 Å². The van der Waals surface area contributed by atoms with Gasteiger partial charge in [-0.05, 0) is 44.2 Å². The number of hydrogen-bond donors (Lipinski definition) is 1. The molecular weight excluding hydrogens is 356 g/mol. The van der Waals surface area contributed by atoms with Gasteiger partial charge in [0.1, 0.15) is 11.2 Å². The average Bonchev–Trinajstić information content (AvgIpc) is 3.13. The zero-order valence-corrected chi connectivity index (χ0v) is 17.4. The van der Waals surface area contributed by atoms with Gasteiger partial charge in [-0.2, -0.15) is 0 Å². The number of nitrogens with zero attached hydrogens (tertiary/aromatic N) is 1. The summed E-state index contributed by atoms with van der Waals surface area (Å²) in [6.45, 7) is 17.6. The van der Waals surface area contributed by atoms with Gasteiger partial charge in [0, 0.05) is 40.5 Å². The summed E-state index contributed by atoms with van der Waals surface area (Å²) in [6, 6.07) is 10.2. The van der Waals surface area contributed by atoms with Crippen LogP contribution in [0.3, 0.4) is 0 Å². The van der Waals surface area contributed by atoms with Crippen LogP contribution in [0.25, 0.3) is 29.0 Å². The lowest BCUT2D eigenvalue weighted by Crippen LogP contribution is -2.20. The average molecular weight is 385 g/mol. The third-order valence-electron chi connectivity index (χ3n) is 4.32. The molecule has 0 unspecified atom stereocenters. The van der Waals surface area contributed by atoms with Crippen LogP contribution in [0.1, 0.15) is 26.3 Å². The van der Waals surface area contributed by atoms with Crippen molar-refractivity contribution >= 4 is 23.9 Å². The third kappa shape index (κ3) is 5.45. The van der Waals surface area contributed by atoms with Crippen LogP contribution >= 0.6 is 0 Å². The first-order chi connectivity index (χ1) is 14.0. The minimum Gasteiger partial charge on any atom is -0.455 e. The number of aliphatic imine (C=N–C) groups is 1. The van der Waals surface area contributed by atoms with Crippen molar-refractivity contribution in [2.24, 2.45) is 4.99 Å². The Balaban J connectivity index is 2.55. The lowest BCUT2D eigenvalue weighted by molar-refractivity contribution is 0.543. The van der Waals surface area contributed by atoms with Gasteiger partial charge >= 0.3 is 0 Å². The van der Waals surface area contributed by atoms with E-state index in [1.807, 2.05) is 57.3 Å². The van der Waals surface area contributed by atoms with Crippen molar-refractivity contribution in [2.75, 3.05) is 0 Å². The van der Waals surface area contributed by atoms with E-state index in [9.17, 15) is 0 Å². The number of rotatable bonds is 8. The molecule has 1 aromatic heterocycles. The SMILES string of the molecule is C=CN/C=C(\C)c1ccc(-c2cc(=C)/c(=C(\C=C/C)C(/C=C)=C/N=CC)o2)cc1. The highest BCUT2D eigenvalue weighted by Gasteiger charge is 2.08. The first-order valence-corrected chi connectivity index (χ1v) is 9.46. The minimum absolute atomic E-state index is 0.714. The molecule has 3 heteroatoms. The molecule has 2 rings (SSSR count). The molecule has 0 bridgehead atoms. The summed E-state index contributed by atoms with van der Waals surface area (Å²) >= 11 is 0. The molecule has 0 saturated carbocycles. The second-order valence-corrected chi connectivity index (χ2v) is 6.35. The van der Waals surface area contributed by atoms with Crippen molar-refractivity contribution in [1.82, 2.24) is 5.32 Å². The molecule has 0 spiro atoms. The van der Waals surface area contributed by atoms with E-state index < -0.39 is 0 Å². The lowest BCUT2D eigenvalue weighted by Gasteiger charge is -2.04. The van der Waals surface area contributed by atoms with Crippen LogP contribution in [0, 0.1) is 0 Å². The van der Waals surface area contributed by atoms with Crippen molar-refractivity contribution in [3.05, 3.63) is 102 Å². The van der Waals surface area contributed by atoms with Gasteiger partial charge in [-0.1, -0.05) is 62.2 Å². The number of allylic oxidation sites excluding steroid dienone is 5. The van der Waals surface area contributed by atoms with Crippen LogP contribution in [0.2, 0.25) is 0 Å². The summed E-state index contributed by atoms with van der Waals surface area (Å²) in [6.07, 6.45) is 12.8. The van der Waals surface area contributed by atoms with E-state index in [0.717, 1.165) is 38.8 Å². The molecule has 1 aromatic carbocycles. The van der Waals surface area contributed by atoms with E-state index in [4.69, 9.17) is 4.42 Å². The summed E-state index contributed by atoms with van der Waals surface area (Å²) in [5, 5.41) is 3.82. The molecule has 1 heterocycles. The number of benzene rings is 1. The molecule has 0 radical (unpaired) electrons. The van der Waals surface area contributed by atoms with Gasteiger partial charge in [0.05, 0.1) is 0 Å². The minimum atomic E-state index is 0.714. The molecule has 148 valence electrons. The normalized spacial score (nSPS) is 13.8. The van der Waals surface area contributed by atoms with E-state index in [0.29, 0.717) is 5.42 Å². The maximum atomic E-state index is 6.21. The smallest absolute Gasteiger partial charge is 0.142 e. The molecule has 2 aromatic rings. The van der Waals surface area contributed by atoms with Crippen LogP contribution in [-0.4, -0.2) is 6.21 Å². The molecule has 3 nitrogen and oxygen atoms in total. The van der Waals surface area contributed by atoms with Crippen molar-refractivity contribution in [3.8, 4) is 11.3 Å². The largest absolute Gasteiger partial charge is 0.455 e. The maximum Gasteiger partial charge on any atom is 0.142 e. The van der Waals surface area contributed by atoms with E-state index >= 15 is 0 Å². The topological polar surface area (TPSA) is 37.5 Å². The molecule has 0 aliphatic carbocycles. The van der Waals surface area contributed by atoms with Gasteiger partial charge in [0.25, 0.3) is 0 Å². The van der Waals surface area contributed by atoms with E-state index in [-0.39, 0.29) is 0 Å². The van der Waals surface area contributed by atoms with Gasteiger partial charge in [-0.25, -0.2) is 0 Å². The standard InChI is InChI=1S/C26H28N2O/c1-7-11-24(21(8-2)18-28-10-4)26-19(5)16-25(29-26)23-14-12-22(13-15-23)20(6)17-27-9-3/h7-18,27H,2-3,5H2,1,4,6H3/b11-7-,20-17+,21-18+,26-24-,28-10?. The highest BCUT2D eigenvalue weighted by molar-refractivity contribution is 5.76. The van der Waals surface area contributed by atoms with Crippen LogP contribution in [0.5, 0.6) is 0 Å². The molecule has 0 amide bonds. The Hall–Kier alpha value is -3.59. The second-order valence-electron chi connectivity index (χ2n) is 6.35. The summed E-state index contributed by atoms with van der Waals surface area (Å²) in [4.78, 5) is 4.22. The molecule has 0 fully saturated rings. The summed E-state index contributed by atoms with van der Waals surface area (Å²) in [5.74, 6) is 0.770. The third-order valence-corrected chi connectivity index (χ3v) is 4.32. The zero-order valence-electron chi connectivity index (χ0n) is 17.4. The van der Waals surface area contributed by atoms with Gasteiger partial charge < -0.3 is 9.73 Å².